The van der Waals surface area contributed by atoms with Crippen LogP contribution in [0, 0.1) is 22.7 Å². The summed E-state index contributed by atoms with van der Waals surface area (Å²) in [6.45, 7) is 0.831. The highest BCUT2D eigenvalue weighted by atomic mass is 16.5. The number of esters is 1. The van der Waals surface area contributed by atoms with Gasteiger partial charge in [-0.25, -0.2) is 4.79 Å². The molecule has 0 amide bonds. The van der Waals surface area contributed by atoms with E-state index in [1.807, 2.05) is 0 Å². The monoisotopic (exact) mass is 300 g/mol. The minimum atomic E-state index is -1.17. The molecular weight excluding hydrogens is 284 g/mol. The Hall–Kier alpha value is -2.94. The highest BCUT2D eigenvalue weighted by Gasteiger charge is 2.20. The molecule has 0 aliphatic carbocycles. The van der Waals surface area contributed by atoms with Crippen LogP contribution in [0.2, 0.25) is 0 Å². The van der Waals surface area contributed by atoms with Crippen LogP contribution in [-0.2, 0) is 14.3 Å². The molecule has 1 aromatic rings. The van der Waals surface area contributed by atoms with Gasteiger partial charge in [0, 0.05) is 11.8 Å². The highest BCUT2D eigenvalue weighted by molar-refractivity contribution is 6.06. The number of ketones is 1. The topological polar surface area (TPSA) is 100 Å². The second-order valence-electron chi connectivity index (χ2n) is 4.43. The van der Waals surface area contributed by atoms with Crippen molar-refractivity contribution in [1.82, 2.24) is 0 Å². The Kier molecular flexibility index (Phi) is 6.51. The summed E-state index contributed by atoms with van der Waals surface area (Å²) < 4.78 is 9.77. The molecule has 0 fully saturated rings. The van der Waals surface area contributed by atoms with Crippen LogP contribution in [0.25, 0.3) is 6.08 Å². The SMILES string of the molecule is COc1ccc(/C=C/C(=O)OCC(=O)C(C#N)C(C)=N)cc1. The molecule has 6 nitrogen and oxygen atoms in total. The summed E-state index contributed by atoms with van der Waals surface area (Å²) in [5, 5.41) is 16.0. The van der Waals surface area contributed by atoms with Gasteiger partial charge in [0.15, 0.2) is 12.4 Å². The maximum absolute atomic E-state index is 11.6. The lowest BCUT2D eigenvalue weighted by Crippen LogP contribution is -2.25. The van der Waals surface area contributed by atoms with Crippen molar-refractivity contribution in [2.45, 2.75) is 6.92 Å². The van der Waals surface area contributed by atoms with Gasteiger partial charge in [-0.2, -0.15) is 5.26 Å². The maximum Gasteiger partial charge on any atom is 0.331 e. The van der Waals surface area contributed by atoms with Crippen molar-refractivity contribution in [2.24, 2.45) is 5.92 Å². The molecule has 1 rings (SSSR count). The number of nitrogens with one attached hydrogen (secondary N) is 1. The molecule has 0 aliphatic heterocycles. The number of rotatable bonds is 7. The standard InChI is InChI=1S/C16H16N2O4/c1-11(18)14(9-17)15(19)10-22-16(20)8-5-12-3-6-13(21-2)7-4-12/h3-8,14,18H,10H2,1-2H3/b8-5+,18-11?. The van der Waals surface area contributed by atoms with Crippen LogP contribution in [0.1, 0.15) is 12.5 Å². The molecule has 1 N–H and O–H groups in total. The van der Waals surface area contributed by atoms with Crippen molar-refractivity contribution < 1.29 is 19.1 Å². The first kappa shape index (κ1) is 17.1. The molecule has 0 aromatic heterocycles. The van der Waals surface area contributed by atoms with Crippen LogP contribution in [0.5, 0.6) is 5.75 Å². The van der Waals surface area contributed by atoms with E-state index in [2.05, 4.69) is 0 Å². The van der Waals surface area contributed by atoms with Crippen LogP contribution in [-0.4, -0.2) is 31.2 Å². The number of Topliss-reactive ketones (excluding diaryl/α,β-unsaturated/α-hetero) is 1. The van der Waals surface area contributed by atoms with E-state index < -0.39 is 24.3 Å². The molecule has 0 spiro atoms. The summed E-state index contributed by atoms with van der Waals surface area (Å²) >= 11 is 0. The van der Waals surface area contributed by atoms with Gasteiger partial charge in [-0.1, -0.05) is 12.1 Å². The van der Waals surface area contributed by atoms with Gasteiger partial charge < -0.3 is 14.9 Å². The molecule has 1 aromatic carbocycles. The van der Waals surface area contributed by atoms with E-state index in [0.717, 1.165) is 5.56 Å². The molecule has 0 saturated heterocycles. The van der Waals surface area contributed by atoms with Crippen LogP contribution in [0.3, 0.4) is 0 Å². The Labute approximate surface area is 128 Å². The van der Waals surface area contributed by atoms with E-state index in [1.54, 1.807) is 37.4 Å². The van der Waals surface area contributed by atoms with Gasteiger partial charge in [0.2, 0.25) is 0 Å². The fraction of sp³-hybridized carbons (Fsp3) is 0.250. The number of nitrogens with zero attached hydrogens (tertiary/aromatic N) is 1. The second-order valence-corrected chi connectivity index (χ2v) is 4.43. The molecule has 1 unspecified atom stereocenters. The number of nitriles is 1. The zero-order valence-electron chi connectivity index (χ0n) is 12.3. The summed E-state index contributed by atoms with van der Waals surface area (Å²) in [6, 6.07) is 8.72. The van der Waals surface area contributed by atoms with Gasteiger partial charge in [-0.3, -0.25) is 4.79 Å². The Balaban J connectivity index is 2.52. The first-order valence-corrected chi connectivity index (χ1v) is 6.44. The van der Waals surface area contributed by atoms with E-state index in [9.17, 15) is 9.59 Å². The first-order chi connectivity index (χ1) is 10.5. The zero-order valence-corrected chi connectivity index (χ0v) is 12.3. The predicted octanol–water partition coefficient (Wildman–Crippen LogP) is 2.00. The summed E-state index contributed by atoms with van der Waals surface area (Å²) in [5.74, 6) is -1.77. The number of ether oxygens (including phenoxy) is 2. The average Bonchev–Trinajstić information content (AvgIpc) is 2.51. The highest BCUT2D eigenvalue weighted by Crippen LogP contribution is 2.12. The van der Waals surface area contributed by atoms with Gasteiger partial charge >= 0.3 is 5.97 Å². The summed E-state index contributed by atoms with van der Waals surface area (Å²) in [6.07, 6.45) is 2.73. The van der Waals surface area contributed by atoms with Gasteiger partial charge in [-0.15, -0.1) is 0 Å². The Morgan fingerprint density at radius 3 is 2.50 bits per heavy atom. The molecule has 0 radical (unpaired) electrons. The van der Waals surface area contributed by atoms with Gasteiger partial charge in [0.1, 0.15) is 11.7 Å². The molecular formula is C16H16N2O4. The normalized spacial score (nSPS) is 11.5. The van der Waals surface area contributed by atoms with Crippen molar-refractivity contribution in [3.05, 3.63) is 35.9 Å². The number of hydrogen-bond donors (Lipinski definition) is 1. The lowest BCUT2D eigenvalue weighted by molar-refractivity contribution is -0.143. The second kappa shape index (κ2) is 8.37. The van der Waals surface area contributed by atoms with E-state index >= 15 is 0 Å². The Bertz CT molecular complexity index is 627. The molecule has 0 saturated carbocycles. The van der Waals surface area contributed by atoms with Crippen LogP contribution < -0.4 is 4.74 Å². The van der Waals surface area contributed by atoms with Crippen molar-refractivity contribution in [3.8, 4) is 11.8 Å². The molecule has 0 heterocycles. The van der Waals surface area contributed by atoms with Crippen LogP contribution in [0.15, 0.2) is 30.3 Å². The minimum Gasteiger partial charge on any atom is -0.497 e. The summed E-state index contributed by atoms with van der Waals surface area (Å²) in [4.78, 5) is 23.1. The van der Waals surface area contributed by atoms with E-state index in [0.29, 0.717) is 5.75 Å². The molecule has 1 atom stereocenters. The largest absolute Gasteiger partial charge is 0.497 e. The minimum absolute atomic E-state index is 0.0719. The fourth-order valence-electron chi connectivity index (χ4n) is 1.56. The van der Waals surface area contributed by atoms with Gasteiger partial charge in [0.05, 0.1) is 13.2 Å². The number of hydrogen-bond acceptors (Lipinski definition) is 6. The first-order valence-electron chi connectivity index (χ1n) is 6.44. The average molecular weight is 300 g/mol. The van der Waals surface area contributed by atoms with Crippen molar-refractivity contribution in [1.29, 1.82) is 10.7 Å². The summed E-state index contributed by atoms with van der Waals surface area (Å²) in [5.41, 5.74) is 0.701. The quantitative estimate of drug-likeness (QED) is 0.471. The lowest BCUT2D eigenvalue weighted by Gasteiger charge is -2.05. The van der Waals surface area contributed by atoms with E-state index in [1.165, 1.54) is 19.1 Å². The Morgan fingerprint density at radius 2 is 2.00 bits per heavy atom. The van der Waals surface area contributed by atoms with Crippen LogP contribution in [0.4, 0.5) is 0 Å². The number of methoxy groups -OCH3 is 1. The third-order valence-corrected chi connectivity index (χ3v) is 2.77. The van der Waals surface area contributed by atoms with Crippen molar-refractivity contribution in [2.75, 3.05) is 13.7 Å². The van der Waals surface area contributed by atoms with Gasteiger partial charge in [0.25, 0.3) is 0 Å². The van der Waals surface area contributed by atoms with Crippen LogP contribution >= 0.6 is 0 Å². The van der Waals surface area contributed by atoms with E-state index in [-0.39, 0.29) is 5.71 Å². The fourth-order valence-corrected chi connectivity index (χ4v) is 1.56. The smallest absolute Gasteiger partial charge is 0.331 e. The molecule has 22 heavy (non-hydrogen) atoms. The summed E-state index contributed by atoms with van der Waals surface area (Å²) in [7, 11) is 1.56. The third-order valence-electron chi connectivity index (χ3n) is 2.77. The van der Waals surface area contributed by atoms with Crippen molar-refractivity contribution >= 4 is 23.5 Å². The Morgan fingerprint density at radius 1 is 1.36 bits per heavy atom. The molecule has 6 heteroatoms. The molecule has 0 bridgehead atoms. The zero-order chi connectivity index (χ0) is 16.5. The van der Waals surface area contributed by atoms with Gasteiger partial charge in [-0.05, 0) is 30.7 Å². The maximum atomic E-state index is 11.6. The third kappa shape index (κ3) is 5.21. The van der Waals surface area contributed by atoms with E-state index in [4.69, 9.17) is 20.1 Å². The lowest BCUT2D eigenvalue weighted by atomic mass is 10.0. The number of benzene rings is 1. The number of carbonyl (C=O) groups excluding carboxylic acids is 2. The predicted molar refractivity (Wildman–Crippen MR) is 80.5 cm³/mol. The molecule has 0 aliphatic rings. The number of carbonyl (C=O) groups is 2. The molecule has 114 valence electrons. The van der Waals surface area contributed by atoms with Crippen molar-refractivity contribution in [3.63, 3.8) is 0 Å².